The molecule has 1 atom stereocenters. The predicted molar refractivity (Wildman–Crippen MR) is 133 cm³/mol. The molecule has 0 aliphatic heterocycles. The first-order chi connectivity index (χ1) is 18.2. The first kappa shape index (κ1) is 27.5. The van der Waals surface area contributed by atoms with E-state index in [0.717, 1.165) is 25.2 Å². The van der Waals surface area contributed by atoms with Gasteiger partial charge in [0.05, 0.1) is 13.7 Å². The summed E-state index contributed by atoms with van der Waals surface area (Å²) >= 11 is 12.5. The van der Waals surface area contributed by atoms with Crippen molar-refractivity contribution in [3.05, 3.63) is 81.2 Å². The zero-order chi connectivity index (χ0) is 27.2. The maximum Gasteiger partial charge on any atom is 0.514 e. The molecule has 1 heterocycles. The van der Waals surface area contributed by atoms with Gasteiger partial charge in [-0.25, -0.2) is 4.79 Å². The number of carbonyl (C=O) groups excluding carboxylic acids is 1. The van der Waals surface area contributed by atoms with E-state index in [4.69, 9.17) is 42.1 Å². The summed E-state index contributed by atoms with van der Waals surface area (Å²) < 4.78 is 52.7. The molecule has 0 bridgehead atoms. The smallest absolute Gasteiger partial charge is 0.514 e. The number of benzene rings is 2. The van der Waals surface area contributed by atoms with Crippen molar-refractivity contribution in [1.82, 2.24) is 0 Å². The van der Waals surface area contributed by atoms with Gasteiger partial charge in [0.15, 0.2) is 23.9 Å². The van der Waals surface area contributed by atoms with Gasteiger partial charge in [-0.3, -0.25) is 0 Å². The molecule has 0 amide bonds. The Morgan fingerprint density at radius 3 is 2.32 bits per heavy atom. The lowest BCUT2D eigenvalue weighted by Crippen LogP contribution is -2.26. The Bertz CT molecular complexity index is 1250. The molecule has 1 aliphatic carbocycles. The van der Waals surface area contributed by atoms with Gasteiger partial charge in [0.2, 0.25) is 0 Å². The summed E-state index contributed by atoms with van der Waals surface area (Å²) in [6, 6.07) is 10.4. The quantitative estimate of drug-likeness (QED) is 0.112. The Hall–Kier alpha value is -3.50. The minimum Gasteiger partial charge on any atom is -0.619 e. The molecule has 2 aromatic carbocycles. The second kappa shape index (κ2) is 12.4. The molecule has 1 fully saturated rings. The molecule has 8 nitrogen and oxygen atoms in total. The van der Waals surface area contributed by atoms with E-state index in [1.165, 1.54) is 37.4 Å². The van der Waals surface area contributed by atoms with Crippen LogP contribution in [0, 0.1) is 11.1 Å². The van der Waals surface area contributed by atoms with Crippen LogP contribution in [0.5, 0.6) is 23.0 Å². The van der Waals surface area contributed by atoms with Crippen LogP contribution in [0.1, 0.15) is 30.1 Å². The Morgan fingerprint density at radius 1 is 1.05 bits per heavy atom. The van der Waals surface area contributed by atoms with Crippen LogP contribution in [0.15, 0.2) is 54.9 Å². The van der Waals surface area contributed by atoms with E-state index in [2.05, 4.69) is 4.74 Å². The fraction of sp³-hybridized carbons (Fsp3) is 0.308. The first-order valence-corrected chi connectivity index (χ1v) is 12.3. The summed E-state index contributed by atoms with van der Waals surface area (Å²) in [5.41, 5.74) is 0.700. The Labute approximate surface area is 227 Å². The van der Waals surface area contributed by atoms with Crippen LogP contribution in [0.4, 0.5) is 13.6 Å². The Balaban J connectivity index is 1.63. The minimum absolute atomic E-state index is 0.0486. The largest absolute Gasteiger partial charge is 0.619 e. The van der Waals surface area contributed by atoms with E-state index in [-0.39, 0.29) is 33.7 Å². The molecule has 0 saturated heterocycles. The zero-order valence-corrected chi connectivity index (χ0v) is 21.6. The molecular weight excluding hydrogens is 547 g/mol. The predicted octanol–water partition coefficient (Wildman–Crippen LogP) is 6.53. The molecular formula is C26H23Cl2F2NO7. The van der Waals surface area contributed by atoms with Crippen LogP contribution < -0.4 is 23.7 Å². The number of hydrogen-bond donors (Lipinski definition) is 0. The molecule has 4 rings (SSSR count). The van der Waals surface area contributed by atoms with Gasteiger partial charge in [-0.2, -0.15) is 13.5 Å². The lowest BCUT2D eigenvalue weighted by molar-refractivity contribution is -0.605. The van der Waals surface area contributed by atoms with Gasteiger partial charge in [0.25, 0.3) is 0 Å². The van der Waals surface area contributed by atoms with E-state index >= 15 is 0 Å². The van der Waals surface area contributed by atoms with Gasteiger partial charge in [-0.05, 0) is 60.7 Å². The number of methoxy groups -OCH3 is 1. The second-order valence-corrected chi connectivity index (χ2v) is 9.28. The van der Waals surface area contributed by atoms with E-state index in [1.54, 1.807) is 12.1 Å². The molecule has 1 saturated carbocycles. The molecule has 1 unspecified atom stereocenters. The lowest BCUT2D eigenvalue weighted by atomic mass is 10.0. The van der Waals surface area contributed by atoms with E-state index in [1.807, 2.05) is 0 Å². The Morgan fingerprint density at radius 2 is 1.71 bits per heavy atom. The number of rotatable bonds is 11. The van der Waals surface area contributed by atoms with Crippen LogP contribution in [0.25, 0.3) is 0 Å². The third-order valence-electron chi connectivity index (χ3n) is 5.67. The standard InChI is InChI=1S/C26H23Cl2F2NO7/c1-34-17-5-7-18(8-6-17)36-26(32)38-23(11-19-20(27)12-31(33)13-21(19)28)16-4-9-22(37-25(29)30)24(10-16)35-14-15-2-3-15/h4-10,12-13,15,23,25H,2-3,11,14H2,1H3. The van der Waals surface area contributed by atoms with E-state index in [0.29, 0.717) is 34.1 Å². The molecule has 1 aromatic heterocycles. The molecule has 3 aromatic rings. The third kappa shape index (κ3) is 7.52. The normalized spacial score (nSPS) is 13.6. The molecule has 0 radical (unpaired) electrons. The summed E-state index contributed by atoms with van der Waals surface area (Å²) in [5, 5.41) is 11.8. The van der Waals surface area contributed by atoms with Crippen LogP contribution in [-0.4, -0.2) is 26.5 Å². The van der Waals surface area contributed by atoms with E-state index < -0.39 is 18.9 Å². The van der Waals surface area contributed by atoms with Crippen LogP contribution in [0.2, 0.25) is 10.0 Å². The highest BCUT2D eigenvalue weighted by atomic mass is 35.5. The number of carbonyl (C=O) groups is 1. The molecule has 1 aliphatic rings. The van der Waals surface area contributed by atoms with Gasteiger partial charge in [-0.15, -0.1) is 0 Å². The molecule has 202 valence electrons. The SMILES string of the molecule is COc1ccc(OC(=O)OC(Cc2c(Cl)c[n+]([O-])cc2Cl)c2ccc(OC(F)F)c(OCC3CC3)c2)cc1. The van der Waals surface area contributed by atoms with E-state index in [9.17, 15) is 18.8 Å². The number of pyridine rings is 1. The monoisotopic (exact) mass is 569 g/mol. The second-order valence-electron chi connectivity index (χ2n) is 8.47. The van der Waals surface area contributed by atoms with Gasteiger partial charge in [0.1, 0.15) is 27.6 Å². The average Bonchev–Trinajstić information content (AvgIpc) is 3.69. The van der Waals surface area contributed by atoms with Crippen LogP contribution >= 0.6 is 23.2 Å². The first-order valence-electron chi connectivity index (χ1n) is 11.5. The fourth-order valence-electron chi connectivity index (χ4n) is 3.54. The van der Waals surface area contributed by atoms with Crippen molar-refractivity contribution in [3.8, 4) is 23.0 Å². The summed E-state index contributed by atoms with van der Waals surface area (Å²) in [5.74, 6) is 1.01. The minimum atomic E-state index is -3.06. The van der Waals surface area contributed by atoms with Crippen LogP contribution in [-0.2, 0) is 11.2 Å². The average molecular weight is 570 g/mol. The topological polar surface area (TPSA) is 90.2 Å². The number of hydrogen-bond acceptors (Lipinski definition) is 7. The van der Waals surface area contributed by atoms with Gasteiger partial charge >= 0.3 is 12.8 Å². The summed E-state index contributed by atoms with van der Waals surface area (Å²) in [4.78, 5) is 12.7. The van der Waals surface area contributed by atoms with Crippen molar-refractivity contribution >= 4 is 29.4 Å². The molecule has 0 N–H and O–H groups in total. The summed E-state index contributed by atoms with van der Waals surface area (Å²) in [6.07, 6.45) is 2.03. The summed E-state index contributed by atoms with van der Waals surface area (Å²) in [7, 11) is 1.50. The Kier molecular flexibility index (Phi) is 8.96. The van der Waals surface area contributed by atoms with Gasteiger partial charge in [-0.1, -0.05) is 29.3 Å². The third-order valence-corrected chi connectivity index (χ3v) is 6.32. The highest BCUT2D eigenvalue weighted by molar-refractivity contribution is 6.35. The highest BCUT2D eigenvalue weighted by Crippen LogP contribution is 2.38. The molecule has 0 spiro atoms. The van der Waals surface area contributed by atoms with Crippen molar-refractivity contribution < 1.29 is 42.0 Å². The zero-order valence-electron chi connectivity index (χ0n) is 20.1. The van der Waals surface area contributed by atoms with Crippen molar-refractivity contribution in [2.24, 2.45) is 5.92 Å². The fourth-order valence-corrected chi connectivity index (χ4v) is 4.14. The highest BCUT2D eigenvalue weighted by Gasteiger charge is 2.27. The van der Waals surface area contributed by atoms with Crippen molar-refractivity contribution in [1.29, 1.82) is 0 Å². The molecule has 12 heteroatoms. The van der Waals surface area contributed by atoms with Crippen LogP contribution in [0.3, 0.4) is 0 Å². The summed E-state index contributed by atoms with van der Waals surface area (Å²) in [6.45, 7) is -2.73. The molecule has 38 heavy (non-hydrogen) atoms. The maximum atomic E-state index is 13.0. The maximum absolute atomic E-state index is 13.0. The van der Waals surface area contributed by atoms with Gasteiger partial charge in [0, 0.05) is 12.0 Å². The number of nitrogens with zero attached hydrogens (tertiary/aromatic N) is 1. The number of halogens is 4. The lowest BCUT2D eigenvalue weighted by Gasteiger charge is -2.21. The van der Waals surface area contributed by atoms with Gasteiger partial charge < -0.3 is 28.9 Å². The van der Waals surface area contributed by atoms with Crippen molar-refractivity contribution in [2.45, 2.75) is 32.0 Å². The van der Waals surface area contributed by atoms with Crippen molar-refractivity contribution in [2.75, 3.05) is 13.7 Å². The number of ether oxygens (including phenoxy) is 5. The number of aromatic nitrogens is 1. The van der Waals surface area contributed by atoms with Crippen molar-refractivity contribution in [3.63, 3.8) is 0 Å². The number of alkyl halides is 2.